The Morgan fingerprint density at radius 1 is 1.26 bits per heavy atom. The topological polar surface area (TPSA) is 101 Å². The van der Waals surface area contributed by atoms with E-state index in [4.69, 9.17) is 14.6 Å². The van der Waals surface area contributed by atoms with Gasteiger partial charge in [0.05, 0.1) is 17.3 Å². The van der Waals surface area contributed by atoms with Crippen LogP contribution in [0.25, 0.3) is 21.0 Å². The summed E-state index contributed by atoms with van der Waals surface area (Å²) < 4.78 is 39.7. The molecule has 190 valence electrons. The third kappa shape index (κ3) is 5.59. The zero-order valence-electron chi connectivity index (χ0n) is 19.4. The van der Waals surface area contributed by atoms with E-state index in [1.54, 1.807) is 11.6 Å². The molecule has 0 spiro atoms. The molecule has 3 aromatic rings. The molecule has 1 saturated heterocycles. The Morgan fingerprint density at radius 3 is 2.49 bits per heavy atom. The van der Waals surface area contributed by atoms with Crippen LogP contribution in [0.1, 0.15) is 28.9 Å². The second-order valence-corrected chi connectivity index (χ2v) is 9.19. The number of ether oxygens (including phenoxy) is 1. The second kappa shape index (κ2) is 10.6. The largest absolute Gasteiger partial charge is 0.494 e. The van der Waals surface area contributed by atoms with Crippen molar-refractivity contribution in [1.82, 2.24) is 14.8 Å². The number of alkyl halides is 3. The van der Waals surface area contributed by atoms with Crippen LogP contribution in [-0.4, -0.2) is 65.9 Å². The van der Waals surface area contributed by atoms with Gasteiger partial charge in [0.2, 0.25) is 0 Å². The van der Waals surface area contributed by atoms with Gasteiger partial charge in [0.25, 0.3) is 11.5 Å². The standard InChI is InChI=1S/C21H25N3O3S.C2HF3O2/c1-23-12-6-7-13(23)10-11-22-20(25)19-17(27-3)16-18(28-19)14-8-4-5-9-15(14)24(2)21(16)26;3-2(4,5)1(6)7/h4-5,8-9,13H,6-7,10-12H2,1-3H3,(H,22,25);(H,6,7). The lowest BCUT2D eigenvalue weighted by molar-refractivity contribution is -0.192. The summed E-state index contributed by atoms with van der Waals surface area (Å²) in [7, 11) is 5.40. The van der Waals surface area contributed by atoms with Crippen LogP contribution in [0.4, 0.5) is 13.2 Å². The number of pyridine rings is 1. The van der Waals surface area contributed by atoms with Crippen molar-refractivity contribution in [3.05, 3.63) is 39.5 Å². The van der Waals surface area contributed by atoms with Gasteiger partial charge in [0, 0.05) is 25.0 Å². The number of halogens is 3. The molecule has 1 aliphatic heterocycles. The summed E-state index contributed by atoms with van der Waals surface area (Å²) in [6.45, 7) is 1.74. The van der Waals surface area contributed by atoms with E-state index >= 15 is 0 Å². The van der Waals surface area contributed by atoms with E-state index in [1.165, 1.54) is 31.3 Å². The number of fused-ring (bicyclic) bond motifs is 3. The molecule has 0 aliphatic carbocycles. The van der Waals surface area contributed by atoms with Crippen LogP contribution in [0.5, 0.6) is 5.75 Å². The Hall–Kier alpha value is -3.12. The molecule has 1 unspecified atom stereocenters. The number of nitrogens with one attached hydrogen (secondary N) is 1. The predicted octanol–water partition coefficient (Wildman–Crippen LogP) is 3.61. The zero-order valence-corrected chi connectivity index (χ0v) is 20.3. The van der Waals surface area contributed by atoms with E-state index < -0.39 is 12.1 Å². The molecule has 1 atom stereocenters. The lowest BCUT2D eigenvalue weighted by Crippen LogP contribution is -2.31. The fourth-order valence-electron chi connectivity index (χ4n) is 4.16. The fourth-order valence-corrected chi connectivity index (χ4v) is 5.37. The van der Waals surface area contributed by atoms with Crippen molar-refractivity contribution in [1.29, 1.82) is 0 Å². The Morgan fingerprint density at radius 2 is 1.91 bits per heavy atom. The van der Waals surface area contributed by atoms with E-state index in [-0.39, 0.29) is 11.5 Å². The van der Waals surface area contributed by atoms with Crippen molar-refractivity contribution in [2.75, 3.05) is 27.2 Å². The van der Waals surface area contributed by atoms with E-state index in [9.17, 15) is 22.8 Å². The minimum absolute atomic E-state index is 0.145. The number of hydrogen-bond donors (Lipinski definition) is 2. The van der Waals surface area contributed by atoms with Gasteiger partial charge < -0.3 is 24.6 Å². The van der Waals surface area contributed by atoms with Crippen LogP contribution < -0.4 is 15.6 Å². The van der Waals surface area contributed by atoms with Gasteiger partial charge in [-0.25, -0.2) is 4.79 Å². The van der Waals surface area contributed by atoms with Gasteiger partial charge in [-0.2, -0.15) is 13.2 Å². The number of carbonyl (C=O) groups is 2. The lowest BCUT2D eigenvalue weighted by atomic mass is 10.1. The average Bonchev–Trinajstić information content (AvgIpc) is 3.40. The highest BCUT2D eigenvalue weighted by molar-refractivity contribution is 7.22. The molecule has 0 radical (unpaired) electrons. The first kappa shape index (κ1) is 26.5. The Kier molecular flexibility index (Phi) is 8.06. The van der Waals surface area contributed by atoms with E-state index in [0.29, 0.717) is 28.6 Å². The summed E-state index contributed by atoms with van der Waals surface area (Å²) >= 11 is 1.33. The van der Waals surface area contributed by atoms with Crippen molar-refractivity contribution in [3.63, 3.8) is 0 Å². The number of aromatic nitrogens is 1. The first-order chi connectivity index (χ1) is 16.5. The molecular formula is C23H26F3N3O5S. The number of nitrogens with zero attached hydrogens (tertiary/aromatic N) is 2. The monoisotopic (exact) mass is 513 g/mol. The number of carboxylic acids is 1. The van der Waals surface area contributed by atoms with Gasteiger partial charge in [0.1, 0.15) is 10.3 Å². The summed E-state index contributed by atoms with van der Waals surface area (Å²) in [5.74, 6) is -2.56. The van der Waals surface area contributed by atoms with E-state index in [2.05, 4.69) is 17.3 Å². The number of methoxy groups -OCH3 is 1. The molecule has 2 N–H and O–H groups in total. The number of likely N-dealkylation sites (tertiary alicyclic amines) is 1. The smallest absolute Gasteiger partial charge is 0.490 e. The SMILES string of the molecule is COc1c(C(=O)NCCC2CCCN2C)sc2c1c(=O)n(C)c1ccccc21.O=C(O)C(F)(F)F. The Bertz CT molecular complexity index is 1300. The molecule has 1 amide bonds. The summed E-state index contributed by atoms with van der Waals surface area (Å²) in [6, 6.07) is 8.27. The molecular weight excluding hydrogens is 487 g/mol. The molecule has 2 aromatic heterocycles. The average molecular weight is 514 g/mol. The lowest BCUT2D eigenvalue weighted by Gasteiger charge is -2.19. The highest BCUT2D eigenvalue weighted by Gasteiger charge is 2.38. The minimum Gasteiger partial charge on any atom is -0.494 e. The van der Waals surface area contributed by atoms with Gasteiger partial charge >= 0.3 is 12.1 Å². The molecule has 8 nitrogen and oxygen atoms in total. The molecule has 12 heteroatoms. The number of thiophene rings is 1. The fraction of sp³-hybridized carbons (Fsp3) is 0.435. The third-order valence-electron chi connectivity index (χ3n) is 5.98. The molecule has 3 heterocycles. The van der Waals surface area contributed by atoms with Gasteiger partial charge in [-0.05, 0) is 38.9 Å². The quantitative estimate of drug-likeness (QED) is 0.541. The number of amides is 1. The van der Waals surface area contributed by atoms with Crippen LogP contribution in [0.3, 0.4) is 0 Å². The minimum atomic E-state index is -5.08. The highest BCUT2D eigenvalue weighted by atomic mass is 32.1. The normalized spacial score (nSPS) is 16.2. The molecule has 1 fully saturated rings. The number of aryl methyl sites for hydroxylation is 1. The van der Waals surface area contributed by atoms with Gasteiger partial charge in [-0.1, -0.05) is 18.2 Å². The summed E-state index contributed by atoms with van der Waals surface area (Å²) in [4.78, 5) is 37.5. The zero-order chi connectivity index (χ0) is 25.9. The number of benzene rings is 1. The van der Waals surface area contributed by atoms with Crippen molar-refractivity contribution >= 4 is 44.2 Å². The maximum atomic E-state index is 12.9. The maximum absolute atomic E-state index is 12.9. The second-order valence-electron chi connectivity index (χ2n) is 8.17. The first-order valence-corrected chi connectivity index (χ1v) is 11.7. The molecule has 35 heavy (non-hydrogen) atoms. The van der Waals surface area contributed by atoms with Gasteiger partial charge in [-0.3, -0.25) is 9.59 Å². The van der Waals surface area contributed by atoms with Crippen LogP contribution in [0.2, 0.25) is 0 Å². The maximum Gasteiger partial charge on any atom is 0.490 e. The number of aliphatic carboxylic acids is 1. The van der Waals surface area contributed by atoms with E-state index in [1.807, 2.05) is 24.3 Å². The van der Waals surface area contributed by atoms with E-state index in [0.717, 1.165) is 28.6 Å². The van der Waals surface area contributed by atoms with Crippen molar-refractivity contribution in [2.24, 2.45) is 7.05 Å². The summed E-state index contributed by atoms with van der Waals surface area (Å²) in [5.41, 5.74) is 0.702. The highest BCUT2D eigenvalue weighted by Crippen LogP contribution is 2.39. The number of carboxylic acid groups (broad SMARTS) is 1. The van der Waals surface area contributed by atoms with Crippen LogP contribution in [-0.2, 0) is 11.8 Å². The molecule has 0 bridgehead atoms. The molecule has 4 rings (SSSR count). The number of para-hydroxylation sites is 1. The predicted molar refractivity (Wildman–Crippen MR) is 127 cm³/mol. The third-order valence-corrected chi connectivity index (χ3v) is 7.18. The summed E-state index contributed by atoms with van der Waals surface area (Å²) in [5, 5.41) is 11.6. The number of hydrogen-bond acceptors (Lipinski definition) is 6. The number of carbonyl (C=O) groups excluding carboxylic acids is 1. The number of rotatable bonds is 5. The Balaban J connectivity index is 0.000000429. The Labute approximate surface area is 202 Å². The van der Waals surface area contributed by atoms with Crippen LogP contribution >= 0.6 is 11.3 Å². The van der Waals surface area contributed by atoms with Gasteiger partial charge in [0.15, 0.2) is 5.75 Å². The molecule has 1 aromatic carbocycles. The first-order valence-electron chi connectivity index (χ1n) is 10.8. The molecule has 0 saturated carbocycles. The van der Waals surface area contributed by atoms with Crippen molar-refractivity contribution in [2.45, 2.75) is 31.5 Å². The van der Waals surface area contributed by atoms with Crippen LogP contribution in [0.15, 0.2) is 29.1 Å². The van der Waals surface area contributed by atoms with Crippen molar-refractivity contribution in [3.8, 4) is 5.75 Å². The van der Waals surface area contributed by atoms with Crippen LogP contribution in [0, 0.1) is 0 Å². The molecule has 1 aliphatic rings. The van der Waals surface area contributed by atoms with Gasteiger partial charge in [-0.15, -0.1) is 11.3 Å². The van der Waals surface area contributed by atoms with Crippen molar-refractivity contribution < 1.29 is 32.6 Å². The summed E-state index contributed by atoms with van der Waals surface area (Å²) in [6.07, 6.45) is -1.75.